The number of carbonyl (C=O) groups excluding carboxylic acids is 4. The number of rotatable bonds is 8. The van der Waals surface area contributed by atoms with E-state index in [0.29, 0.717) is 29.0 Å². The fourth-order valence-electron chi connectivity index (χ4n) is 6.01. The Morgan fingerprint density at radius 1 is 0.920 bits per heavy atom. The van der Waals surface area contributed by atoms with Crippen molar-refractivity contribution in [2.45, 2.75) is 71.1 Å². The number of alkyl carbamates (subject to hydrolysis) is 1. The van der Waals surface area contributed by atoms with Crippen molar-refractivity contribution in [2.75, 3.05) is 6.54 Å². The van der Waals surface area contributed by atoms with E-state index in [4.69, 9.17) is 9.15 Å². The Morgan fingerprint density at radius 2 is 1.62 bits per heavy atom. The summed E-state index contributed by atoms with van der Waals surface area (Å²) in [5, 5.41) is 12.5. The smallest absolute Gasteiger partial charge is 0.408 e. The molecule has 1 fully saturated rings. The van der Waals surface area contributed by atoms with Crippen LogP contribution in [0.2, 0.25) is 0 Å². The summed E-state index contributed by atoms with van der Waals surface area (Å²) in [4.78, 5) is 56.1. The molecule has 0 spiro atoms. The van der Waals surface area contributed by atoms with Crippen LogP contribution < -0.4 is 16.2 Å². The van der Waals surface area contributed by atoms with Gasteiger partial charge in [-0.25, -0.2) is 4.79 Å². The van der Waals surface area contributed by atoms with Gasteiger partial charge >= 0.3 is 6.09 Å². The number of nitrogens with one attached hydrogen (secondary N) is 3. The number of benzene rings is 3. The maximum Gasteiger partial charge on any atom is 0.408 e. The Bertz CT molecular complexity index is 1940. The van der Waals surface area contributed by atoms with Gasteiger partial charge in [-0.2, -0.15) is 5.26 Å². The fourth-order valence-corrected chi connectivity index (χ4v) is 6.01. The van der Waals surface area contributed by atoms with E-state index in [-0.39, 0.29) is 29.5 Å². The molecule has 0 radical (unpaired) electrons. The SMILES string of the molecule is Cc1ccc(C2CCCN2C(=O)c2cc(C(=O)NNC(=O)C(C)(Cc3ccccc3)NC(=O)OC(C)(C)C)cc(-c3ccccc3C#N)c2)o1. The first kappa shape index (κ1) is 35.4. The van der Waals surface area contributed by atoms with E-state index >= 15 is 0 Å². The Labute approximate surface area is 291 Å². The van der Waals surface area contributed by atoms with Crippen LogP contribution >= 0.6 is 0 Å². The van der Waals surface area contributed by atoms with Crippen LogP contribution in [0.5, 0.6) is 0 Å². The molecule has 1 saturated heterocycles. The van der Waals surface area contributed by atoms with Crippen LogP contribution in [0.25, 0.3) is 11.1 Å². The Kier molecular flexibility index (Phi) is 10.4. The van der Waals surface area contributed by atoms with Crippen molar-refractivity contribution in [3.8, 4) is 17.2 Å². The molecule has 258 valence electrons. The van der Waals surface area contributed by atoms with E-state index < -0.39 is 29.0 Å². The van der Waals surface area contributed by atoms with Crippen LogP contribution in [0.4, 0.5) is 4.79 Å². The Morgan fingerprint density at radius 3 is 2.30 bits per heavy atom. The van der Waals surface area contributed by atoms with Crippen LogP contribution in [0.3, 0.4) is 0 Å². The van der Waals surface area contributed by atoms with E-state index in [1.165, 1.54) is 13.0 Å². The van der Waals surface area contributed by atoms with Gasteiger partial charge in [0.2, 0.25) is 0 Å². The number of hydrogen-bond acceptors (Lipinski definition) is 7. The summed E-state index contributed by atoms with van der Waals surface area (Å²) in [6.07, 6.45) is 0.814. The lowest BCUT2D eigenvalue weighted by Crippen LogP contribution is -2.61. The van der Waals surface area contributed by atoms with Gasteiger partial charge in [-0.15, -0.1) is 0 Å². The summed E-state index contributed by atoms with van der Waals surface area (Å²) in [7, 11) is 0. The molecule has 2 unspecified atom stereocenters. The molecule has 50 heavy (non-hydrogen) atoms. The third kappa shape index (κ3) is 8.39. The van der Waals surface area contributed by atoms with Crippen molar-refractivity contribution >= 4 is 23.8 Å². The zero-order chi connectivity index (χ0) is 36.1. The predicted octanol–water partition coefficient (Wildman–Crippen LogP) is 6.39. The highest BCUT2D eigenvalue weighted by Gasteiger charge is 2.37. The molecule has 3 N–H and O–H groups in total. The van der Waals surface area contributed by atoms with Gasteiger partial charge in [-0.05, 0) is 101 Å². The molecule has 4 amide bonds. The Hall–Kier alpha value is -5.89. The number of carbonyl (C=O) groups is 4. The molecule has 5 rings (SSSR count). The van der Waals surface area contributed by atoms with Crippen molar-refractivity contribution in [1.82, 2.24) is 21.1 Å². The van der Waals surface area contributed by atoms with E-state index in [9.17, 15) is 24.4 Å². The molecule has 11 nitrogen and oxygen atoms in total. The van der Waals surface area contributed by atoms with Gasteiger partial charge in [0.05, 0.1) is 17.7 Å². The highest BCUT2D eigenvalue weighted by atomic mass is 16.6. The van der Waals surface area contributed by atoms with Crippen LogP contribution in [-0.4, -0.2) is 46.4 Å². The standard InChI is InChI=1S/C39H41N5O6/c1-25-17-18-33(49-25)32-16-11-19-44(32)35(46)30-21-28(31-15-10-9-14-27(31)24-40)20-29(22-30)34(45)42-43-36(47)39(5,23-26-12-7-6-8-13-26)41-37(48)50-38(2,3)4/h6-10,12-15,17-18,20-22,32H,11,16,19,23H2,1-5H3,(H,41,48)(H,42,45)(H,43,47). The summed E-state index contributed by atoms with van der Waals surface area (Å²) < 4.78 is 11.3. The zero-order valence-corrected chi connectivity index (χ0v) is 28.8. The number of aryl methyl sites for hydroxylation is 1. The van der Waals surface area contributed by atoms with Crippen molar-refractivity contribution in [1.29, 1.82) is 5.26 Å². The van der Waals surface area contributed by atoms with Crippen molar-refractivity contribution < 1.29 is 28.3 Å². The van der Waals surface area contributed by atoms with Gasteiger partial charge in [-0.3, -0.25) is 25.2 Å². The van der Waals surface area contributed by atoms with E-state index in [2.05, 4.69) is 22.2 Å². The molecule has 1 aliphatic rings. The fraction of sp³-hybridized carbons (Fsp3) is 0.308. The minimum atomic E-state index is -1.53. The van der Waals surface area contributed by atoms with Crippen molar-refractivity contribution in [3.05, 3.63) is 119 Å². The highest BCUT2D eigenvalue weighted by molar-refractivity contribution is 6.03. The number of nitrogens with zero attached hydrogens (tertiary/aromatic N) is 2. The molecule has 0 saturated carbocycles. The third-order valence-corrected chi connectivity index (χ3v) is 8.37. The third-order valence-electron chi connectivity index (χ3n) is 8.37. The summed E-state index contributed by atoms with van der Waals surface area (Å²) in [5.41, 5.74) is 5.05. The normalized spacial score (nSPS) is 15.4. The van der Waals surface area contributed by atoms with Gasteiger partial charge < -0.3 is 19.4 Å². The van der Waals surface area contributed by atoms with Crippen LogP contribution in [0.15, 0.2) is 89.3 Å². The van der Waals surface area contributed by atoms with Crippen LogP contribution in [0, 0.1) is 18.3 Å². The van der Waals surface area contributed by atoms with Gasteiger partial charge in [0.25, 0.3) is 17.7 Å². The first-order valence-corrected chi connectivity index (χ1v) is 16.4. The maximum atomic E-state index is 14.1. The number of hydrogen-bond donors (Lipinski definition) is 3. The minimum Gasteiger partial charge on any atom is -0.464 e. The molecule has 3 aromatic carbocycles. The molecule has 4 aromatic rings. The maximum absolute atomic E-state index is 14.1. The summed E-state index contributed by atoms with van der Waals surface area (Å²) in [5.74, 6) is -0.262. The second-order valence-electron chi connectivity index (χ2n) is 13.6. The lowest BCUT2D eigenvalue weighted by molar-refractivity contribution is -0.127. The Balaban J connectivity index is 1.43. The summed E-state index contributed by atoms with van der Waals surface area (Å²) >= 11 is 0. The molecule has 1 aromatic heterocycles. The predicted molar refractivity (Wildman–Crippen MR) is 187 cm³/mol. The number of furan rings is 1. The second-order valence-corrected chi connectivity index (χ2v) is 13.6. The highest BCUT2D eigenvalue weighted by Crippen LogP contribution is 2.35. The first-order chi connectivity index (χ1) is 23.8. The average Bonchev–Trinajstić information content (AvgIpc) is 3.75. The lowest BCUT2D eigenvalue weighted by atomic mass is 9.92. The minimum absolute atomic E-state index is 0.0772. The molecular formula is C39H41N5O6. The summed E-state index contributed by atoms with van der Waals surface area (Å²) in [6, 6.07) is 26.4. The molecule has 11 heteroatoms. The number of ether oxygens (including phenoxy) is 1. The molecule has 2 heterocycles. The van der Waals surface area contributed by atoms with Crippen LogP contribution in [0.1, 0.15) is 89.9 Å². The average molecular weight is 676 g/mol. The largest absolute Gasteiger partial charge is 0.464 e. The lowest BCUT2D eigenvalue weighted by Gasteiger charge is -2.31. The van der Waals surface area contributed by atoms with E-state index in [1.807, 2.05) is 49.4 Å². The first-order valence-electron chi connectivity index (χ1n) is 16.4. The zero-order valence-electron chi connectivity index (χ0n) is 28.8. The number of likely N-dealkylation sites (tertiary alicyclic amines) is 1. The van der Waals surface area contributed by atoms with E-state index in [1.54, 1.807) is 62.1 Å². The molecule has 2 atom stereocenters. The number of hydrazine groups is 1. The molecule has 0 bridgehead atoms. The van der Waals surface area contributed by atoms with E-state index in [0.717, 1.165) is 24.2 Å². The van der Waals surface area contributed by atoms with Gasteiger partial charge in [0, 0.05) is 24.1 Å². The molecular weight excluding hydrogens is 634 g/mol. The second kappa shape index (κ2) is 14.7. The molecule has 1 aliphatic heterocycles. The molecule has 0 aliphatic carbocycles. The van der Waals surface area contributed by atoms with Crippen LogP contribution in [-0.2, 0) is 16.0 Å². The quantitative estimate of drug-likeness (QED) is 0.183. The van der Waals surface area contributed by atoms with Crippen molar-refractivity contribution in [2.24, 2.45) is 0 Å². The monoisotopic (exact) mass is 675 g/mol. The summed E-state index contributed by atoms with van der Waals surface area (Å²) in [6.45, 7) is 9.03. The van der Waals surface area contributed by atoms with Gasteiger partial charge in [0.1, 0.15) is 22.7 Å². The van der Waals surface area contributed by atoms with Gasteiger partial charge in [0.15, 0.2) is 0 Å². The topological polar surface area (TPSA) is 154 Å². The van der Waals surface area contributed by atoms with Crippen molar-refractivity contribution in [3.63, 3.8) is 0 Å². The van der Waals surface area contributed by atoms with Gasteiger partial charge in [-0.1, -0.05) is 48.5 Å². The number of nitriles is 1. The number of amides is 4.